The summed E-state index contributed by atoms with van der Waals surface area (Å²) < 4.78 is 6.67. The molecule has 0 fully saturated rings. The van der Waals surface area contributed by atoms with Crippen LogP contribution in [0.3, 0.4) is 0 Å². The Morgan fingerprint density at radius 2 is 2.50 bits per heavy atom. The van der Waals surface area contributed by atoms with Gasteiger partial charge in [-0.1, -0.05) is 0 Å². The van der Waals surface area contributed by atoms with E-state index in [0.717, 1.165) is 0 Å². The summed E-state index contributed by atoms with van der Waals surface area (Å²) in [5.74, 6) is 0.881. The number of nitro groups is 1. The molecule has 0 atom stereocenters. The molecule has 2 heterocycles. The number of furan rings is 1. The van der Waals surface area contributed by atoms with Gasteiger partial charge in [-0.3, -0.25) is 4.57 Å². The summed E-state index contributed by atoms with van der Waals surface area (Å²) in [4.78, 5) is 13.8. The van der Waals surface area contributed by atoms with Crippen LogP contribution in [0.5, 0.6) is 0 Å². The molecular formula is C9H10N4O3. The zero-order chi connectivity index (χ0) is 11.5. The Morgan fingerprint density at radius 3 is 3.12 bits per heavy atom. The average Bonchev–Trinajstić information content (AvgIpc) is 2.84. The molecule has 84 valence electrons. The summed E-state index contributed by atoms with van der Waals surface area (Å²) in [6.45, 7) is 0.382. The SMILES string of the molecule is Cn1cnc([N+](=O)[O-])c1NCc1ccco1. The van der Waals surface area contributed by atoms with Gasteiger partial charge in [-0.2, -0.15) is 0 Å². The van der Waals surface area contributed by atoms with Gasteiger partial charge in [0.2, 0.25) is 12.1 Å². The standard InChI is InChI=1S/C9H10N4O3/c1-12-6-11-9(13(14)15)8(12)10-5-7-3-2-4-16-7/h2-4,6,10H,5H2,1H3. The largest absolute Gasteiger partial charge is 0.467 e. The zero-order valence-electron chi connectivity index (χ0n) is 8.58. The summed E-state index contributed by atoms with van der Waals surface area (Å²) in [6.07, 6.45) is 2.94. The maximum atomic E-state index is 10.7. The number of nitrogens with one attached hydrogen (secondary N) is 1. The topological polar surface area (TPSA) is 86.1 Å². The highest BCUT2D eigenvalue weighted by molar-refractivity contribution is 5.51. The van der Waals surface area contributed by atoms with E-state index in [1.807, 2.05) is 0 Å². The maximum absolute atomic E-state index is 10.7. The van der Waals surface area contributed by atoms with Crippen molar-refractivity contribution in [1.82, 2.24) is 9.55 Å². The van der Waals surface area contributed by atoms with Crippen molar-refractivity contribution in [3.63, 3.8) is 0 Å². The van der Waals surface area contributed by atoms with E-state index >= 15 is 0 Å². The van der Waals surface area contributed by atoms with Gasteiger partial charge in [-0.15, -0.1) is 0 Å². The molecule has 1 N–H and O–H groups in total. The van der Waals surface area contributed by atoms with Gasteiger partial charge in [0.05, 0.1) is 12.8 Å². The number of anilines is 1. The third-order valence-corrected chi connectivity index (χ3v) is 2.10. The molecule has 0 saturated heterocycles. The zero-order valence-corrected chi connectivity index (χ0v) is 8.58. The number of aryl methyl sites for hydroxylation is 1. The number of hydrogen-bond acceptors (Lipinski definition) is 5. The lowest BCUT2D eigenvalue weighted by molar-refractivity contribution is -0.388. The highest BCUT2D eigenvalue weighted by Crippen LogP contribution is 2.21. The lowest BCUT2D eigenvalue weighted by atomic mass is 10.4. The minimum absolute atomic E-state index is 0.186. The molecule has 0 unspecified atom stereocenters. The van der Waals surface area contributed by atoms with Crippen LogP contribution in [0.2, 0.25) is 0 Å². The lowest BCUT2D eigenvalue weighted by Gasteiger charge is -2.03. The minimum Gasteiger partial charge on any atom is -0.467 e. The molecule has 16 heavy (non-hydrogen) atoms. The van der Waals surface area contributed by atoms with Crippen molar-refractivity contribution in [2.75, 3.05) is 5.32 Å². The molecule has 0 saturated carbocycles. The Bertz CT molecular complexity index is 489. The van der Waals surface area contributed by atoms with E-state index in [1.165, 1.54) is 6.33 Å². The molecule has 0 aliphatic carbocycles. The van der Waals surface area contributed by atoms with Crippen LogP contribution in [0.4, 0.5) is 11.6 Å². The second-order valence-electron chi connectivity index (χ2n) is 3.22. The fourth-order valence-corrected chi connectivity index (χ4v) is 1.34. The Morgan fingerprint density at radius 1 is 1.69 bits per heavy atom. The van der Waals surface area contributed by atoms with Crippen molar-refractivity contribution in [3.05, 3.63) is 40.6 Å². The molecule has 0 aliphatic rings. The summed E-state index contributed by atoms with van der Waals surface area (Å²) >= 11 is 0. The van der Waals surface area contributed by atoms with E-state index in [-0.39, 0.29) is 5.82 Å². The Balaban J connectivity index is 2.14. The first-order valence-corrected chi connectivity index (χ1v) is 4.60. The molecule has 2 rings (SSSR count). The Hall–Kier alpha value is -2.31. The molecule has 0 radical (unpaired) electrons. The van der Waals surface area contributed by atoms with Crippen LogP contribution in [0.25, 0.3) is 0 Å². The predicted octanol–water partition coefficient (Wildman–Crippen LogP) is 1.53. The average molecular weight is 222 g/mol. The molecule has 0 aliphatic heterocycles. The van der Waals surface area contributed by atoms with Gasteiger partial charge in [-0.25, -0.2) is 0 Å². The van der Waals surface area contributed by atoms with Gasteiger partial charge in [0.25, 0.3) is 0 Å². The molecule has 0 spiro atoms. The first-order valence-electron chi connectivity index (χ1n) is 4.60. The quantitative estimate of drug-likeness (QED) is 0.626. The van der Waals surface area contributed by atoms with Crippen molar-refractivity contribution in [1.29, 1.82) is 0 Å². The fraction of sp³-hybridized carbons (Fsp3) is 0.222. The summed E-state index contributed by atoms with van der Waals surface area (Å²) in [5.41, 5.74) is 0. The van der Waals surface area contributed by atoms with Crippen molar-refractivity contribution >= 4 is 11.6 Å². The summed E-state index contributed by atoms with van der Waals surface area (Å²) in [7, 11) is 1.68. The second kappa shape index (κ2) is 4.05. The summed E-state index contributed by atoms with van der Waals surface area (Å²) in [6, 6.07) is 3.55. The minimum atomic E-state index is -0.523. The Kier molecular flexibility index (Phi) is 2.59. The molecule has 2 aromatic heterocycles. The van der Waals surface area contributed by atoms with Gasteiger partial charge in [0.15, 0.2) is 0 Å². The van der Waals surface area contributed by atoms with Gasteiger partial charge >= 0.3 is 5.82 Å². The normalized spacial score (nSPS) is 10.3. The van der Waals surface area contributed by atoms with Gasteiger partial charge < -0.3 is 19.8 Å². The van der Waals surface area contributed by atoms with Crippen LogP contribution in [-0.4, -0.2) is 14.5 Å². The third-order valence-electron chi connectivity index (χ3n) is 2.10. The van der Waals surface area contributed by atoms with Crippen molar-refractivity contribution < 1.29 is 9.34 Å². The molecule has 7 nitrogen and oxygen atoms in total. The fourth-order valence-electron chi connectivity index (χ4n) is 1.34. The number of hydrogen-bond donors (Lipinski definition) is 1. The first-order chi connectivity index (χ1) is 7.68. The van der Waals surface area contributed by atoms with Crippen molar-refractivity contribution in [3.8, 4) is 0 Å². The van der Waals surface area contributed by atoms with E-state index < -0.39 is 4.92 Å². The highest BCUT2D eigenvalue weighted by Gasteiger charge is 2.19. The van der Waals surface area contributed by atoms with Crippen LogP contribution in [0.1, 0.15) is 5.76 Å². The van der Waals surface area contributed by atoms with Crippen LogP contribution >= 0.6 is 0 Å². The van der Waals surface area contributed by atoms with E-state index in [2.05, 4.69) is 10.3 Å². The second-order valence-corrected chi connectivity index (χ2v) is 3.22. The number of imidazole rings is 1. The van der Waals surface area contributed by atoms with Crippen LogP contribution in [0, 0.1) is 10.1 Å². The number of aromatic nitrogens is 2. The first kappa shape index (κ1) is 10.2. The van der Waals surface area contributed by atoms with E-state index in [4.69, 9.17) is 4.42 Å². The highest BCUT2D eigenvalue weighted by atomic mass is 16.6. The molecule has 7 heteroatoms. The molecule has 0 aromatic carbocycles. The molecule has 2 aromatic rings. The Labute approximate surface area is 90.9 Å². The van der Waals surface area contributed by atoms with E-state index in [1.54, 1.807) is 30.0 Å². The smallest absolute Gasteiger partial charge is 0.406 e. The van der Waals surface area contributed by atoms with Crippen LogP contribution in [-0.2, 0) is 13.6 Å². The van der Waals surface area contributed by atoms with Gasteiger partial charge in [-0.05, 0) is 22.0 Å². The van der Waals surface area contributed by atoms with Crippen molar-refractivity contribution in [2.45, 2.75) is 6.54 Å². The third kappa shape index (κ3) is 1.88. The van der Waals surface area contributed by atoms with Gasteiger partial charge in [0.1, 0.15) is 5.76 Å². The van der Waals surface area contributed by atoms with E-state index in [0.29, 0.717) is 18.1 Å². The monoisotopic (exact) mass is 222 g/mol. The number of nitrogens with zero attached hydrogens (tertiary/aromatic N) is 3. The van der Waals surface area contributed by atoms with Crippen LogP contribution < -0.4 is 5.32 Å². The van der Waals surface area contributed by atoms with Gasteiger partial charge in [0, 0.05) is 7.05 Å². The van der Waals surface area contributed by atoms with Crippen molar-refractivity contribution in [2.24, 2.45) is 7.05 Å². The summed E-state index contributed by atoms with van der Waals surface area (Å²) in [5, 5.41) is 13.6. The predicted molar refractivity (Wildman–Crippen MR) is 55.9 cm³/mol. The lowest BCUT2D eigenvalue weighted by Crippen LogP contribution is -2.05. The molecule has 0 amide bonds. The molecular weight excluding hydrogens is 212 g/mol. The molecule has 0 bridgehead atoms. The maximum Gasteiger partial charge on any atom is 0.406 e. The van der Waals surface area contributed by atoms with E-state index in [9.17, 15) is 10.1 Å². The number of rotatable bonds is 4. The van der Waals surface area contributed by atoms with Crippen LogP contribution in [0.15, 0.2) is 29.1 Å².